The molecule has 0 radical (unpaired) electrons. The maximum atomic E-state index is 12.9. The fourth-order valence-corrected chi connectivity index (χ4v) is 4.35. The molecule has 28 heavy (non-hydrogen) atoms. The van der Waals surface area contributed by atoms with Crippen molar-refractivity contribution in [3.05, 3.63) is 58.6 Å². The molecule has 0 spiro atoms. The molecule has 4 rings (SSSR count). The number of amides is 2. The summed E-state index contributed by atoms with van der Waals surface area (Å²) in [6, 6.07) is 13.5. The molecule has 1 heterocycles. The maximum Gasteiger partial charge on any atom is 0.343 e. The molecule has 144 valence electrons. The molecule has 0 bridgehead atoms. The summed E-state index contributed by atoms with van der Waals surface area (Å²) in [6.07, 6.45) is 2.46. The van der Waals surface area contributed by atoms with Gasteiger partial charge in [-0.1, -0.05) is 28.9 Å². The molecule has 2 aromatic carbocycles. The second kappa shape index (κ2) is 7.51. The Bertz CT molecular complexity index is 940. The highest BCUT2D eigenvalue weighted by molar-refractivity contribution is 9.10. The second-order valence-corrected chi connectivity index (χ2v) is 8.45. The third-order valence-corrected chi connectivity index (χ3v) is 6.08. The molecule has 3 atom stereocenters. The van der Waals surface area contributed by atoms with Crippen LogP contribution in [0.1, 0.15) is 36.5 Å². The minimum absolute atomic E-state index is 0.152. The first-order valence-corrected chi connectivity index (χ1v) is 10.2. The zero-order valence-corrected chi connectivity index (χ0v) is 17.0. The average molecular weight is 442 g/mol. The van der Waals surface area contributed by atoms with Gasteiger partial charge in [0.15, 0.2) is 0 Å². The first-order chi connectivity index (χ1) is 13.4. The lowest BCUT2D eigenvalue weighted by atomic mass is 9.76. The number of hydrogen-bond donors (Lipinski definition) is 0. The summed E-state index contributed by atoms with van der Waals surface area (Å²) in [5.74, 6) is -0.441. The predicted molar refractivity (Wildman–Crippen MR) is 108 cm³/mol. The number of nitrogens with zero attached hydrogens (tertiary/aromatic N) is 1. The summed E-state index contributed by atoms with van der Waals surface area (Å²) < 4.78 is 6.27. The quantitative estimate of drug-likeness (QED) is 0.396. The number of carbonyl (C=O) groups excluding carboxylic acids is 3. The molecule has 2 fully saturated rings. The van der Waals surface area contributed by atoms with E-state index < -0.39 is 5.97 Å². The monoisotopic (exact) mass is 441 g/mol. The molecule has 2 aliphatic rings. The minimum atomic E-state index is -0.533. The van der Waals surface area contributed by atoms with Crippen LogP contribution in [0.2, 0.25) is 0 Å². The van der Waals surface area contributed by atoms with E-state index in [-0.39, 0.29) is 23.7 Å². The van der Waals surface area contributed by atoms with Gasteiger partial charge >= 0.3 is 5.97 Å². The van der Waals surface area contributed by atoms with Gasteiger partial charge in [-0.2, -0.15) is 0 Å². The van der Waals surface area contributed by atoms with Gasteiger partial charge in [0.1, 0.15) is 5.75 Å². The molecule has 1 aliphatic carbocycles. The first kappa shape index (κ1) is 18.9. The Labute approximate surface area is 171 Å². The standard InChI is InChI=1S/C22H20BrNO4/c1-13-5-10-18-19(11-13)21(26)24(20(18)25)16-4-2-3-14(12-16)22(27)28-17-8-6-15(23)7-9-17/h2-4,6-9,12-13,18-19H,5,10-11H2,1H3/t13-,18+,19-/m1/s1. The predicted octanol–water partition coefficient (Wildman–Crippen LogP) is 4.59. The number of esters is 1. The van der Waals surface area contributed by atoms with Crippen LogP contribution in [-0.2, 0) is 9.59 Å². The van der Waals surface area contributed by atoms with Gasteiger partial charge in [-0.05, 0) is 67.6 Å². The van der Waals surface area contributed by atoms with E-state index in [0.717, 1.165) is 23.7 Å². The van der Waals surface area contributed by atoms with Gasteiger partial charge in [0.25, 0.3) is 0 Å². The first-order valence-electron chi connectivity index (χ1n) is 9.39. The van der Waals surface area contributed by atoms with Crippen LogP contribution in [0.25, 0.3) is 0 Å². The fraction of sp³-hybridized carbons (Fsp3) is 0.318. The van der Waals surface area contributed by atoms with Gasteiger partial charge in [0.2, 0.25) is 11.8 Å². The number of hydrogen-bond acceptors (Lipinski definition) is 4. The summed E-state index contributed by atoms with van der Waals surface area (Å²) in [5, 5.41) is 0. The van der Waals surface area contributed by atoms with E-state index in [0.29, 0.717) is 22.9 Å². The van der Waals surface area contributed by atoms with Crippen LogP contribution >= 0.6 is 15.9 Å². The van der Waals surface area contributed by atoms with Crippen molar-refractivity contribution in [3.8, 4) is 5.75 Å². The third-order valence-electron chi connectivity index (χ3n) is 5.55. The molecule has 2 amide bonds. The van der Waals surface area contributed by atoms with Crippen molar-refractivity contribution in [2.45, 2.75) is 26.2 Å². The summed E-state index contributed by atoms with van der Waals surface area (Å²) in [5.41, 5.74) is 0.728. The lowest BCUT2D eigenvalue weighted by Gasteiger charge is -2.25. The lowest BCUT2D eigenvalue weighted by Crippen LogP contribution is -2.31. The Balaban J connectivity index is 1.56. The highest BCUT2D eigenvalue weighted by Crippen LogP contribution is 2.42. The zero-order chi connectivity index (χ0) is 19.8. The molecule has 0 aromatic heterocycles. The number of carbonyl (C=O) groups is 3. The van der Waals surface area contributed by atoms with Gasteiger partial charge in [-0.3, -0.25) is 14.5 Å². The van der Waals surface area contributed by atoms with Gasteiger partial charge < -0.3 is 4.74 Å². The molecular weight excluding hydrogens is 422 g/mol. The highest BCUT2D eigenvalue weighted by Gasteiger charge is 2.50. The number of fused-ring (bicyclic) bond motifs is 1. The van der Waals surface area contributed by atoms with E-state index >= 15 is 0 Å². The van der Waals surface area contributed by atoms with Gasteiger partial charge in [0, 0.05) is 4.47 Å². The van der Waals surface area contributed by atoms with Crippen molar-refractivity contribution in [2.75, 3.05) is 4.90 Å². The van der Waals surface area contributed by atoms with E-state index in [1.165, 1.54) is 4.90 Å². The largest absolute Gasteiger partial charge is 0.423 e. The van der Waals surface area contributed by atoms with E-state index in [1.54, 1.807) is 48.5 Å². The van der Waals surface area contributed by atoms with Crippen LogP contribution in [0.3, 0.4) is 0 Å². The third kappa shape index (κ3) is 3.49. The molecule has 1 saturated carbocycles. The topological polar surface area (TPSA) is 63.7 Å². The normalized spacial score (nSPS) is 24.2. The summed E-state index contributed by atoms with van der Waals surface area (Å²) in [4.78, 5) is 39.5. The SMILES string of the molecule is C[C@@H]1CC[C@@H]2C(=O)N(c3cccc(C(=O)Oc4ccc(Br)cc4)c3)C(=O)[C@@H]2C1. The average Bonchev–Trinajstić information content (AvgIpc) is 2.93. The van der Waals surface area contributed by atoms with E-state index in [9.17, 15) is 14.4 Å². The summed E-state index contributed by atoms with van der Waals surface area (Å²) in [7, 11) is 0. The van der Waals surface area contributed by atoms with Crippen molar-refractivity contribution in [3.63, 3.8) is 0 Å². The Morgan fingerprint density at radius 2 is 1.75 bits per heavy atom. The van der Waals surface area contributed by atoms with Crippen molar-refractivity contribution in [1.82, 2.24) is 0 Å². The molecule has 2 aromatic rings. The number of imide groups is 1. The number of anilines is 1. The van der Waals surface area contributed by atoms with Gasteiger partial charge in [-0.15, -0.1) is 0 Å². The minimum Gasteiger partial charge on any atom is -0.423 e. The maximum absolute atomic E-state index is 12.9. The number of benzene rings is 2. The van der Waals surface area contributed by atoms with Crippen molar-refractivity contribution < 1.29 is 19.1 Å². The Morgan fingerprint density at radius 3 is 2.50 bits per heavy atom. The summed E-state index contributed by atoms with van der Waals surface area (Å²) in [6.45, 7) is 2.12. The molecule has 6 heteroatoms. The molecule has 0 unspecified atom stereocenters. The molecule has 0 N–H and O–H groups in total. The Morgan fingerprint density at radius 1 is 1.04 bits per heavy atom. The van der Waals surface area contributed by atoms with Crippen LogP contribution in [0.4, 0.5) is 5.69 Å². The smallest absolute Gasteiger partial charge is 0.343 e. The van der Waals surface area contributed by atoms with E-state index in [2.05, 4.69) is 22.9 Å². The zero-order valence-electron chi connectivity index (χ0n) is 15.4. The van der Waals surface area contributed by atoms with Gasteiger partial charge in [-0.25, -0.2) is 4.79 Å². The molecule has 1 aliphatic heterocycles. The van der Waals surface area contributed by atoms with E-state index in [1.807, 2.05) is 0 Å². The van der Waals surface area contributed by atoms with Crippen LogP contribution in [0.5, 0.6) is 5.75 Å². The lowest BCUT2D eigenvalue weighted by molar-refractivity contribution is -0.122. The molecule has 5 nitrogen and oxygen atoms in total. The van der Waals surface area contributed by atoms with E-state index in [4.69, 9.17) is 4.74 Å². The summed E-state index contributed by atoms with van der Waals surface area (Å²) >= 11 is 3.33. The van der Waals surface area contributed by atoms with Crippen LogP contribution in [0, 0.1) is 17.8 Å². The van der Waals surface area contributed by atoms with Crippen LogP contribution in [0.15, 0.2) is 53.0 Å². The molecular formula is C22H20BrNO4. The van der Waals surface area contributed by atoms with Crippen molar-refractivity contribution in [1.29, 1.82) is 0 Å². The molecule has 1 saturated heterocycles. The Hall–Kier alpha value is -2.47. The highest BCUT2D eigenvalue weighted by atomic mass is 79.9. The van der Waals surface area contributed by atoms with Crippen LogP contribution in [-0.4, -0.2) is 17.8 Å². The fourth-order valence-electron chi connectivity index (χ4n) is 4.08. The number of halogens is 1. The number of ether oxygens (including phenoxy) is 1. The van der Waals surface area contributed by atoms with Crippen molar-refractivity contribution >= 4 is 39.4 Å². The van der Waals surface area contributed by atoms with Crippen LogP contribution < -0.4 is 9.64 Å². The van der Waals surface area contributed by atoms with Crippen molar-refractivity contribution in [2.24, 2.45) is 17.8 Å². The Kier molecular flexibility index (Phi) is 5.06. The number of rotatable bonds is 3. The second-order valence-electron chi connectivity index (χ2n) is 7.54. The van der Waals surface area contributed by atoms with Gasteiger partial charge in [0.05, 0.1) is 23.1 Å².